The summed E-state index contributed by atoms with van der Waals surface area (Å²) >= 11 is 0. The number of amides is 1. The standard InChI is InChI=1S/C28H32F4N6O3S/c1-42(40,41)35-27(39)22-15-23(36-13-10-20(11-14-36)37-12-9-18(16-37)28(30,31)32)24-25(17-3-2-4-17)34-38(26(24)33-22)21-7-5-19(29)6-8-21/h5-8,15,17-18,20H,2-4,9-14,16H2,1H3,(H,35,39). The van der Waals surface area contributed by atoms with Gasteiger partial charge in [-0.1, -0.05) is 6.42 Å². The van der Waals surface area contributed by atoms with Crippen LogP contribution < -0.4 is 9.62 Å². The highest BCUT2D eigenvalue weighted by Gasteiger charge is 2.45. The lowest BCUT2D eigenvalue weighted by atomic mass is 9.82. The second kappa shape index (κ2) is 10.8. The molecular formula is C28H32F4N6O3S. The molecule has 3 aromatic rings. The fraction of sp³-hybridized carbons (Fsp3) is 0.536. The molecule has 9 nitrogen and oxygen atoms in total. The third-order valence-electron chi connectivity index (χ3n) is 8.72. The zero-order valence-corrected chi connectivity index (χ0v) is 23.9. The Labute approximate surface area is 240 Å². The zero-order chi connectivity index (χ0) is 29.8. The number of hydrogen-bond donors (Lipinski definition) is 1. The number of halogens is 4. The van der Waals surface area contributed by atoms with E-state index in [4.69, 9.17) is 5.10 Å². The van der Waals surface area contributed by atoms with Crippen molar-refractivity contribution in [2.24, 2.45) is 5.92 Å². The lowest BCUT2D eigenvalue weighted by Gasteiger charge is -2.38. The van der Waals surface area contributed by atoms with Crippen LogP contribution in [0.3, 0.4) is 0 Å². The van der Waals surface area contributed by atoms with E-state index in [1.807, 2.05) is 9.62 Å². The number of pyridine rings is 1. The molecule has 1 saturated carbocycles. The van der Waals surface area contributed by atoms with Gasteiger partial charge in [0, 0.05) is 31.6 Å². The molecule has 1 amide bonds. The Morgan fingerprint density at radius 2 is 1.71 bits per heavy atom. The number of benzene rings is 1. The van der Waals surface area contributed by atoms with Crippen LogP contribution in [0.1, 0.15) is 60.6 Å². The number of carbonyl (C=O) groups excluding carboxylic acids is 1. The number of nitrogens with zero attached hydrogens (tertiary/aromatic N) is 5. The number of nitrogens with one attached hydrogen (secondary N) is 1. The molecule has 3 fully saturated rings. The molecule has 1 atom stereocenters. The van der Waals surface area contributed by atoms with E-state index in [2.05, 4.69) is 9.88 Å². The molecule has 2 saturated heterocycles. The maximum Gasteiger partial charge on any atom is 0.393 e. The average molecular weight is 609 g/mol. The van der Waals surface area contributed by atoms with E-state index >= 15 is 0 Å². The minimum Gasteiger partial charge on any atom is -0.371 e. The molecule has 0 radical (unpaired) electrons. The molecular weight excluding hydrogens is 576 g/mol. The summed E-state index contributed by atoms with van der Waals surface area (Å²) in [5.41, 5.74) is 2.28. The average Bonchev–Trinajstić information content (AvgIpc) is 3.53. The van der Waals surface area contributed by atoms with Gasteiger partial charge in [0.25, 0.3) is 5.91 Å². The van der Waals surface area contributed by atoms with E-state index < -0.39 is 33.8 Å². The number of likely N-dealkylation sites (tertiary alicyclic amines) is 1. The lowest BCUT2D eigenvalue weighted by Crippen LogP contribution is -2.44. The van der Waals surface area contributed by atoms with Crippen LogP contribution in [0.2, 0.25) is 0 Å². The van der Waals surface area contributed by atoms with E-state index in [1.54, 1.807) is 22.9 Å². The summed E-state index contributed by atoms with van der Waals surface area (Å²) in [5.74, 6) is -2.43. The summed E-state index contributed by atoms with van der Waals surface area (Å²) < 4.78 is 80.9. The third-order valence-corrected chi connectivity index (χ3v) is 9.28. The van der Waals surface area contributed by atoms with Crippen molar-refractivity contribution in [1.82, 2.24) is 24.4 Å². The molecule has 226 valence electrons. The summed E-state index contributed by atoms with van der Waals surface area (Å²) in [4.78, 5) is 21.6. The molecule has 1 aliphatic carbocycles. The van der Waals surface area contributed by atoms with Crippen LogP contribution in [-0.4, -0.2) is 78.6 Å². The van der Waals surface area contributed by atoms with Crippen LogP contribution in [0.15, 0.2) is 30.3 Å². The first-order valence-corrected chi connectivity index (χ1v) is 16.0. The highest BCUT2D eigenvalue weighted by Crippen LogP contribution is 2.43. The number of anilines is 1. The van der Waals surface area contributed by atoms with Crippen molar-refractivity contribution in [2.45, 2.75) is 56.7 Å². The van der Waals surface area contributed by atoms with Gasteiger partial charge in [-0.15, -0.1) is 0 Å². The lowest BCUT2D eigenvalue weighted by molar-refractivity contribution is -0.171. The van der Waals surface area contributed by atoms with Crippen LogP contribution in [0.4, 0.5) is 23.2 Å². The summed E-state index contributed by atoms with van der Waals surface area (Å²) in [6, 6.07) is 7.34. The minimum absolute atomic E-state index is 0.0136. The first-order chi connectivity index (χ1) is 19.9. The Kier molecular flexibility index (Phi) is 7.40. The van der Waals surface area contributed by atoms with Gasteiger partial charge in [0.2, 0.25) is 10.0 Å². The van der Waals surface area contributed by atoms with E-state index in [1.165, 1.54) is 12.1 Å². The Morgan fingerprint density at radius 1 is 1.02 bits per heavy atom. The van der Waals surface area contributed by atoms with Crippen LogP contribution in [-0.2, 0) is 10.0 Å². The first kappa shape index (κ1) is 28.8. The van der Waals surface area contributed by atoms with Crippen LogP contribution >= 0.6 is 0 Å². The number of hydrogen-bond acceptors (Lipinski definition) is 7. The van der Waals surface area contributed by atoms with Crippen molar-refractivity contribution >= 4 is 32.7 Å². The van der Waals surface area contributed by atoms with Crippen molar-refractivity contribution in [3.05, 3.63) is 47.5 Å². The van der Waals surface area contributed by atoms with Crippen LogP contribution in [0, 0.1) is 11.7 Å². The Bertz CT molecular complexity index is 1600. The molecule has 0 spiro atoms. The summed E-state index contributed by atoms with van der Waals surface area (Å²) in [5, 5.41) is 5.64. The molecule has 1 aromatic carbocycles. The van der Waals surface area contributed by atoms with Crippen molar-refractivity contribution in [1.29, 1.82) is 0 Å². The van der Waals surface area contributed by atoms with Gasteiger partial charge in [-0.25, -0.2) is 27.2 Å². The number of sulfonamides is 1. The Balaban J connectivity index is 1.39. The number of alkyl halides is 3. The van der Waals surface area contributed by atoms with Crippen molar-refractivity contribution in [3.63, 3.8) is 0 Å². The van der Waals surface area contributed by atoms with Gasteiger partial charge in [-0.2, -0.15) is 18.3 Å². The van der Waals surface area contributed by atoms with Gasteiger partial charge in [0.15, 0.2) is 5.65 Å². The van der Waals surface area contributed by atoms with Crippen LogP contribution in [0.25, 0.3) is 16.7 Å². The monoisotopic (exact) mass is 608 g/mol. The fourth-order valence-corrected chi connectivity index (χ4v) is 6.74. The molecule has 1 unspecified atom stereocenters. The molecule has 0 bridgehead atoms. The molecule has 3 aliphatic rings. The van der Waals surface area contributed by atoms with E-state index in [0.717, 1.165) is 36.6 Å². The molecule has 2 aromatic heterocycles. The van der Waals surface area contributed by atoms with Gasteiger partial charge >= 0.3 is 6.18 Å². The molecule has 4 heterocycles. The van der Waals surface area contributed by atoms with Gasteiger partial charge in [-0.3, -0.25) is 9.69 Å². The number of aromatic nitrogens is 3. The van der Waals surface area contributed by atoms with E-state index in [9.17, 15) is 30.8 Å². The van der Waals surface area contributed by atoms with E-state index in [0.29, 0.717) is 49.5 Å². The highest BCUT2D eigenvalue weighted by molar-refractivity contribution is 7.89. The topological polar surface area (TPSA) is 100 Å². The normalized spacial score (nSPS) is 21.2. The third kappa shape index (κ3) is 5.70. The largest absolute Gasteiger partial charge is 0.393 e. The maximum atomic E-state index is 13.8. The Hall–Kier alpha value is -3.26. The number of carbonyl (C=O) groups is 1. The number of rotatable bonds is 6. The van der Waals surface area contributed by atoms with Gasteiger partial charge in [-0.05, 0) is 69.0 Å². The van der Waals surface area contributed by atoms with Crippen LogP contribution in [0.5, 0.6) is 0 Å². The summed E-state index contributed by atoms with van der Waals surface area (Å²) in [7, 11) is -3.87. The molecule has 2 aliphatic heterocycles. The minimum atomic E-state index is -4.19. The second-order valence-electron chi connectivity index (χ2n) is 11.6. The summed E-state index contributed by atoms with van der Waals surface area (Å²) in [6.07, 6.45) is 1.01. The number of fused-ring (bicyclic) bond motifs is 1. The van der Waals surface area contributed by atoms with Crippen molar-refractivity contribution < 1.29 is 30.8 Å². The van der Waals surface area contributed by atoms with Crippen molar-refractivity contribution in [2.75, 3.05) is 37.3 Å². The van der Waals surface area contributed by atoms with Gasteiger partial charge < -0.3 is 4.90 Å². The summed E-state index contributed by atoms with van der Waals surface area (Å²) in [6.45, 7) is 1.51. The quantitative estimate of drug-likeness (QED) is 0.415. The van der Waals surface area contributed by atoms with E-state index in [-0.39, 0.29) is 30.6 Å². The smallest absolute Gasteiger partial charge is 0.371 e. The SMILES string of the molecule is CS(=O)(=O)NC(=O)c1cc(N2CCC(N3CCC(C(F)(F)F)C3)CC2)c2c(C3CCC3)nn(-c3ccc(F)cc3)c2n1. The van der Waals surface area contributed by atoms with Gasteiger partial charge in [0.1, 0.15) is 11.5 Å². The zero-order valence-electron chi connectivity index (χ0n) is 23.1. The molecule has 42 heavy (non-hydrogen) atoms. The molecule has 1 N–H and O–H groups in total. The second-order valence-corrected chi connectivity index (χ2v) is 13.3. The van der Waals surface area contributed by atoms with Gasteiger partial charge in [0.05, 0.1) is 34.6 Å². The maximum absolute atomic E-state index is 13.8. The Morgan fingerprint density at radius 3 is 2.29 bits per heavy atom. The fourth-order valence-electron chi connectivity index (χ4n) is 6.30. The molecule has 6 rings (SSSR count). The predicted molar refractivity (Wildman–Crippen MR) is 149 cm³/mol. The molecule has 14 heteroatoms. The highest BCUT2D eigenvalue weighted by atomic mass is 32.2. The van der Waals surface area contributed by atoms with Crippen molar-refractivity contribution in [3.8, 4) is 5.69 Å². The predicted octanol–water partition coefficient (Wildman–Crippen LogP) is 4.37. The first-order valence-electron chi connectivity index (χ1n) is 14.1. The number of piperidine rings is 1.